The summed E-state index contributed by atoms with van der Waals surface area (Å²) >= 11 is 12.3. The molecule has 2 aromatic rings. The number of halogens is 2. The molecule has 0 unspecified atom stereocenters. The summed E-state index contributed by atoms with van der Waals surface area (Å²) in [6, 6.07) is 5.49. The van der Waals surface area contributed by atoms with Crippen molar-refractivity contribution in [1.82, 2.24) is 14.9 Å². The number of benzene rings is 1. The fourth-order valence-electron chi connectivity index (χ4n) is 2.68. The number of nitrogens with zero attached hydrogens (tertiary/aromatic N) is 3. The van der Waals surface area contributed by atoms with Crippen LogP contribution in [-0.4, -0.2) is 27.3 Å². The molecule has 1 aliphatic heterocycles. The molecule has 0 saturated heterocycles. The highest BCUT2D eigenvalue weighted by atomic mass is 35.5. The summed E-state index contributed by atoms with van der Waals surface area (Å²) in [5.41, 5.74) is 3.02. The number of amides is 1. The molecular weight excluding hydrogens is 321 g/mol. The third-order valence-electron chi connectivity index (χ3n) is 3.84. The van der Waals surface area contributed by atoms with Gasteiger partial charge in [-0.2, -0.15) is 0 Å². The largest absolute Gasteiger partial charge is 0.338 e. The van der Waals surface area contributed by atoms with Crippen LogP contribution in [0.3, 0.4) is 0 Å². The molecule has 4 nitrogen and oxygen atoms in total. The van der Waals surface area contributed by atoms with Gasteiger partial charge in [-0.3, -0.25) is 4.79 Å². The van der Waals surface area contributed by atoms with Gasteiger partial charge in [-0.15, -0.1) is 0 Å². The fraction of sp³-hybridized carbons (Fsp3) is 0.312. The van der Waals surface area contributed by atoms with E-state index in [1.807, 2.05) is 17.0 Å². The molecule has 3 rings (SSSR count). The minimum Gasteiger partial charge on any atom is -0.338 e. The van der Waals surface area contributed by atoms with E-state index in [4.69, 9.17) is 23.2 Å². The molecule has 0 N–H and O–H groups in total. The molecule has 0 aliphatic carbocycles. The molecular formula is C16H15Cl2N3O. The van der Waals surface area contributed by atoms with Crippen LogP contribution < -0.4 is 0 Å². The summed E-state index contributed by atoms with van der Waals surface area (Å²) in [7, 11) is 0. The zero-order valence-electron chi connectivity index (χ0n) is 11.9. The van der Waals surface area contributed by atoms with Gasteiger partial charge < -0.3 is 4.90 Å². The maximum absolute atomic E-state index is 12.4. The third kappa shape index (κ3) is 3.39. The zero-order chi connectivity index (χ0) is 15.5. The molecule has 1 aliphatic rings. The van der Waals surface area contributed by atoms with Gasteiger partial charge in [0.1, 0.15) is 6.33 Å². The van der Waals surface area contributed by atoms with Crippen LogP contribution in [0, 0.1) is 0 Å². The maximum Gasteiger partial charge on any atom is 0.223 e. The molecule has 6 heteroatoms. The third-order valence-corrected chi connectivity index (χ3v) is 4.39. The molecule has 0 atom stereocenters. The number of carbonyl (C=O) groups is 1. The Morgan fingerprint density at radius 3 is 2.95 bits per heavy atom. The van der Waals surface area contributed by atoms with Crippen LogP contribution in [0.2, 0.25) is 10.0 Å². The number of carbonyl (C=O) groups excluding carboxylic acids is 1. The van der Waals surface area contributed by atoms with E-state index in [9.17, 15) is 4.79 Å². The second-order valence-electron chi connectivity index (χ2n) is 5.29. The Hall–Kier alpha value is -1.65. The first-order valence-electron chi connectivity index (χ1n) is 7.13. The summed E-state index contributed by atoms with van der Waals surface area (Å²) < 4.78 is 0. The van der Waals surface area contributed by atoms with Crippen LogP contribution in [0.25, 0.3) is 0 Å². The van der Waals surface area contributed by atoms with Crippen LogP contribution in [0.15, 0.2) is 30.7 Å². The quantitative estimate of drug-likeness (QED) is 0.864. The minimum absolute atomic E-state index is 0.125. The second kappa shape index (κ2) is 6.63. The van der Waals surface area contributed by atoms with Crippen LogP contribution in [-0.2, 0) is 24.2 Å². The van der Waals surface area contributed by atoms with Gasteiger partial charge in [-0.25, -0.2) is 9.97 Å². The summed E-state index contributed by atoms with van der Waals surface area (Å²) in [5.74, 6) is 0.125. The van der Waals surface area contributed by atoms with Crippen molar-refractivity contribution in [3.8, 4) is 0 Å². The molecule has 0 fully saturated rings. The topological polar surface area (TPSA) is 46.1 Å². The van der Waals surface area contributed by atoms with Crippen LogP contribution >= 0.6 is 23.2 Å². The van der Waals surface area contributed by atoms with Crippen molar-refractivity contribution in [3.05, 3.63) is 57.6 Å². The van der Waals surface area contributed by atoms with Crippen molar-refractivity contribution < 1.29 is 4.79 Å². The first-order chi connectivity index (χ1) is 10.6. The molecule has 0 saturated carbocycles. The number of aromatic nitrogens is 2. The van der Waals surface area contributed by atoms with E-state index in [1.165, 1.54) is 6.33 Å². The van der Waals surface area contributed by atoms with Gasteiger partial charge in [0.15, 0.2) is 0 Å². The smallest absolute Gasteiger partial charge is 0.223 e. The van der Waals surface area contributed by atoms with Crippen molar-refractivity contribution >= 4 is 29.1 Å². The van der Waals surface area contributed by atoms with Gasteiger partial charge in [0, 0.05) is 41.4 Å². The molecule has 22 heavy (non-hydrogen) atoms. The molecule has 1 aromatic carbocycles. The Morgan fingerprint density at radius 1 is 1.32 bits per heavy atom. The van der Waals surface area contributed by atoms with Crippen molar-refractivity contribution in [2.45, 2.75) is 25.8 Å². The SMILES string of the molecule is O=C(CCc1ccncn1)N1CCc2c(Cl)cc(Cl)cc2C1. The van der Waals surface area contributed by atoms with E-state index in [2.05, 4.69) is 9.97 Å². The Balaban J connectivity index is 1.65. The summed E-state index contributed by atoms with van der Waals surface area (Å²) in [5, 5.41) is 1.30. The van der Waals surface area contributed by atoms with E-state index in [0.717, 1.165) is 23.2 Å². The van der Waals surface area contributed by atoms with Crippen molar-refractivity contribution in [1.29, 1.82) is 0 Å². The Bertz CT molecular complexity index is 691. The molecule has 0 bridgehead atoms. The minimum atomic E-state index is 0.125. The summed E-state index contributed by atoms with van der Waals surface area (Å²) in [4.78, 5) is 22.2. The van der Waals surface area contributed by atoms with Crippen LogP contribution in [0.4, 0.5) is 0 Å². The number of rotatable bonds is 3. The lowest BCUT2D eigenvalue weighted by atomic mass is 9.99. The highest BCUT2D eigenvalue weighted by Crippen LogP contribution is 2.30. The molecule has 1 aromatic heterocycles. The second-order valence-corrected chi connectivity index (χ2v) is 6.13. The lowest BCUT2D eigenvalue weighted by Crippen LogP contribution is -2.36. The van der Waals surface area contributed by atoms with Crippen molar-refractivity contribution in [2.75, 3.05) is 6.54 Å². The van der Waals surface area contributed by atoms with Gasteiger partial charge in [0.25, 0.3) is 0 Å². The van der Waals surface area contributed by atoms with Crippen LogP contribution in [0.1, 0.15) is 23.2 Å². The van der Waals surface area contributed by atoms with Gasteiger partial charge >= 0.3 is 0 Å². The van der Waals surface area contributed by atoms with Gasteiger partial charge in [0.2, 0.25) is 5.91 Å². The molecule has 114 valence electrons. The summed E-state index contributed by atoms with van der Waals surface area (Å²) in [6.07, 6.45) is 5.03. The number of hydrogen-bond acceptors (Lipinski definition) is 3. The Kier molecular flexibility index (Phi) is 4.60. The highest BCUT2D eigenvalue weighted by molar-refractivity contribution is 6.35. The Morgan fingerprint density at radius 2 is 2.18 bits per heavy atom. The van der Waals surface area contributed by atoms with Gasteiger partial charge in [-0.05, 0) is 42.2 Å². The first-order valence-corrected chi connectivity index (χ1v) is 7.88. The predicted molar refractivity (Wildman–Crippen MR) is 85.9 cm³/mol. The maximum atomic E-state index is 12.4. The predicted octanol–water partition coefficient (Wildman–Crippen LogP) is 3.30. The zero-order valence-corrected chi connectivity index (χ0v) is 13.4. The molecule has 1 amide bonds. The average molecular weight is 336 g/mol. The van der Waals surface area contributed by atoms with E-state index < -0.39 is 0 Å². The van der Waals surface area contributed by atoms with E-state index in [0.29, 0.717) is 36.0 Å². The van der Waals surface area contributed by atoms with Gasteiger partial charge in [0.05, 0.1) is 0 Å². The molecule has 2 heterocycles. The fourth-order valence-corrected chi connectivity index (χ4v) is 3.31. The lowest BCUT2D eigenvalue weighted by molar-refractivity contribution is -0.132. The number of fused-ring (bicyclic) bond motifs is 1. The van der Waals surface area contributed by atoms with E-state index in [-0.39, 0.29) is 5.91 Å². The van der Waals surface area contributed by atoms with Crippen LogP contribution in [0.5, 0.6) is 0 Å². The first kappa shape index (κ1) is 15.3. The highest BCUT2D eigenvalue weighted by Gasteiger charge is 2.22. The van der Waals surface area contributed by atoms with Crippen molar-refractivity contribution in [3.63, 3.8) is 0 Å². The average Bonchev–Trinajstić information content (AvgIpc) is 2.53. The van der Waals surface area contributed by atoms with E-state index in [1.54, 1.807) is 12.3 Å². The number of hydrogen-bond donors (Lipinski definition) is 0. The lowest BCUT2D eigenvalue weighted by Gasteiger charge is -2.29. The molecule has 0 spiro atoms. The molecule has 0 radical (unpaired) electrons. The monoisotopic (exact) mass is 335 g/mol. The number of aryl methyl sites for hydroxylation is 1. The summed E-state index contributed by atoms with van der Waals surface area (Å²) in [6.45, 7) is 1.26. The normalized spacial score (nSPS) is 13.8. The van der Waals surface area contributed by atoms with Crippen molar-refractivity contribution in [2.24, 2.45) is 0 Å². The Labute approximate surface area is 139 Å². The standard InChI is InChI=1S/C16H15Cl2N3O/c17-12-7-11-9-21(6-4-14(11)15(18)8-12)16(22)2-1-13-3-5-19-10-20-13/h3,5,7-8,10H,1-2,4,6,9H2. The van der Waals surface area contributed by atoms with Gasteiger partial charge in [-0.1, -0.05) is 23.2 Å². The van der Waals surface area contributed by atoms with E-state index >= 15 is 0 Å².